The Morgan fingerprint density at radius 1 is 0.867 bits per heavy atom. The Bertz CT molecular complexity index is 964. The summed E-state index contributed by atoms with van der Waals surface area (Å²) in [7, 11) is 0. The summed E-state index contributed by atoms with van der Waals surface area (Å²) >= 11 is 0. The molecule has 158 valence electrons. The molecule has 1 atom stereocenters. The molecule has 0 radical (unpaired) electrons. The molecule has 5 heterocycles. The highest BCUT2D eigenvalue weighted by Gasteiger charge is 2.30. The molecule has 0 amide bonds. The van der Waals surface area contributed by atoms with Gasteiger partial charge in [-0.05, 0) is 54.0 Å². The molecule has 0 aromatic carbocycles. The number of aliphatic hydroxyl groups is 1. The van der Waals surface area contributed by atoms with Crippen molar-refractivity contribution in [3.05, 3.63) is 30.1 Å². The Hall–Kier alpha value is -2.81. The zero-order chi connectivity index (χ0) is 20.3. The van der Waals surface area contributed by atoms with Gasteiger partial charge in [-0.3, -0.25) is 4.98 Å². The van der Waals surface area contributed by atoms with Crippen molar-refractivity contribution in [1.82, 2.24) is 25.3 Å². The standard InChI is InChI=1S/C21H27N7O2/c29-17(16-7-3-4-10-22-16)15-8-13-28(14-9-15)21-20(27-11-5-1-2-6-12-27)23-18-19(24-21)26-30-25-18/h3-4,7,10,15,17,29H,1-2,5-6,8-9,11-14H2/t17-/m1/s1. The minimum absolute atomic E-state index is 0.184. The zero-order valence-corrected chi connectivity index (χ0v) is 17.0. The van der Waals surface area contributed by atoms with Crippen LogP contribution in [0.2, 0.25) is 0 Å². The number of piperidine rings is 1. The van der Waals surface area contributed by atoms with Crippen molar-refractivity contribution in [2.45, 2.75) is 44.6 Å². The molecule has 3 aromatic rings. The third-order valence-corrected chi connectivity index (χ3v) is 6.26. The fraction of sp³-hybridized carbons (Fsp3) is 0.571. The first-order chi connectivity index (χ1) is 14.8. The third-order valence-electron chi connectivity index (χ3n) is 6.26. The molecular formula is C21H27N7O2. The topological polar surface area (TPSA) is 104 Å². The van der Waals surface area contributed by atoms with E-state index in [4.69, 9.17) is 14.6 Å². The maximum Gasteiger partial charge on any atom is 0.245 e. The van der Waals surface area contributed by atoms with E-state index in [1.54, 1.807) is 6.20 Å². The number of anilines is 2. The highest BCUT2D eigenvalue weighted by molar-refractivity contribution is 5.74. The van der Waals surface area contributed by atoms with Gasteiger partial charge >= 0.3 is 0 Å². The van der Waals surface area contributed by atoms with Crippen LogP contribution in [0.1, 0.15) is 50.3 Å². The van der Waals surface area contributed by atoms with Crippen LogP contribution in [0.15, 0.2) is 29.0 Å². The van der Waals surface area contributed by atoms with Crippen molar-refractivity contribution in [1.29, 1.82) is 0 Å². The van der Waals surface area contributed by atoms with Gasteiger partial charge in [-0.2, -0.15) is 0 Å². The number of hydrogen-bond acceptors (Lipinski definition) is 9. The van der Waals surface area contributed by atoms with Gasteiger partial charge in [-0.1, -0.05) is 18.9 Å². The number of hydrogen-bond donors (Lipinski definition) is 1. The minimum Gasteiger partial charge on any atom is -0.387 e. The Balaban J connectivity index is 1.37. The fourth-order valence-electron chi connectivity index (χ4n) is 4.55. The molecule has 0 unspecified atom stereocenters. The predicted octanol–water partition coefficient (Wildman–Crippen LogP) is 2.74. The van der Waals surface area contributed by atoms with Gasteiger partial charge in [-0.15, -0.1) is 0 Å². The molecule has 0 bridgehead atoms. The van der Waals surface area contributed by atoms with Crippen molar-refractivity contribution in [3.8, 4) is 0 Å². The van der Waals surface area contributed by atoms with E-state index in [2.05, 4.69) is 25.1 Å². The van der Waals surface area contributed by atoms with Gasteiger partial charge in [0.1, 0.15) is 0 Å². The summed E-state index contributed by atoms with van der Waals surface area (Å²) in [5, 5.41) is 18.6. The average molecular weight is 409 g/mol. The second-order valence-electron chi connectivity index (χ2n) is 8.21. The van der Waals surface area contributed by atoms with Gasteiger partial charge in [0.05, 0.1) is 11.8 Å². The lowest BCUT2D eigenvalue weighted by Gasteiger charge is -2.36. The fourth-order valence-corrected chi connectivity index (χ4v) is 4.55. The molecule has 9 heteroatoms. The predicted molar refractivity (Wildman–Crippen MR) is 112 cm³/mol. The van der Waals surface area contributed by atoms with Crippen molar-refractivity contribution in [3.63, 3.8) is 0 Å². The molecule has 0 spiro atoms. The lowest BCUT2D eigenvalue weighted by atomic mass is 9.89. The SMILES string of the molecule is O[C@@H](c1ccccn1)C1CCN(c2nc3nonc3nc2N2CCCCCC2)CC1. The molecular weight excluding hydrogens is 382 g/mol. The van der Waals surface area contributed by atoms with Crippen molar-refractivity contribution >= 4 is 22.9 Å². The molecule has 2 aliphatic rings. The Morgan fingerprint density at radius 2 is 1.50 bits per heavy atom. The Labute approximate surface area is 175 Å². The largest absolute Gasteiger partial charge is 0.387 e. The van der Waals surface area contributed by atoms with E-state index in [-0.39, 0.29) is 5.92 Å². The molecule has 5 rings (SSSR count). The Kier molecular flexibility index (Phi) is 5.44. The number of pyridine rings is 1. The normalized spacial score (nSPS) is 19.8. The van der Waals surface area contributed by atoms with Gasteiger partial charge < -0.3 is 14.9 Å². The van der Waals surface area contributed by atoms with Gasteiger partial charge in [0.2, 0.25) is 11.3 Å². The van der Waals surface area contributed by atoms with Crippen LogP contribution >= 0.6 is 0 Å². The monoisotopic (exact) mass is 409 g/mol. The van der Waals surface area contributed by atoms with Crippen molar-refractivity contribution in [2.24, 2.45) is 5.92 Å². The summed E-state index contributed by atoms with van der Waals surface area (Å²) in [5.41, 5.74) is 1.65. The molecule has 2 fully saturated rings. The van der Waals surface area contributed by atoms with Crippen LogP contribution in [0.4, 0.5) is 11.6 Å². The number of aromatic nitrogens is 5. The molecule has 1 N–H and O–H groups in total. The van der Waals surface area contributed by atoms with Crippen LogP contribution in [0.3, 0.4) is 0 Å². The van der Waals surface area contributed by atoms with E-state index in [1.807, 2.05) is 18.2 Å². The van der Waals surface area contributed by atoms with Crippen LogP contribution in [0, 0.1) is 5.92 Å². The smallest absolute Gasteiger partial charge is 0.245 e. The van der Waals surface area contributed by atoms with Gasteiger partial charge in [-0.25, -0.2) is 14.6 Å². The van der Waals surface area contributed by atoms with Gasteiger partial charge in [0.15, 0.2) is 11.6 Å². The van der Waals surface area contributed by atoms with E-state index in [0.717, 1.165) is 69.2 Å². The highest BCUT2D eigenvalue weighted by atomic mass is 16.6. The molecule has 0 saturated carbocycles. The lowest BCUT2D eigenvalue weighted by Crippen LogP contribution is -2.38. The van der Waals surface area contributed by atoms with Gasteiger partial charge in [0, 0.05) is 32.4 Å². The second kappa shape index (κ2) is 8.51. The zero-order valence-electron chi connectivity index (χ0n) is 17.0. The Morgan fingerprint density at radius 3 is 2.10 bits per heavy atom. The van der Waals surface area contributed by atoms with Crippen molar-refractivity contribution < 1.29 is 9.74 Å². The maximum atomic E-state index is 10.8. The van der Waals surface area contributed by atoms with Crippen LogP contribution in [0.25, 0.3) is 11.3 Å². The number of aliphatic hydroxyl groups excluding tert-OH is 1. The summed E-state index contributed by atoms with van der Waals surface area (Å²) < 4.78 is 4.87. The summed E-state index contributed by atoms with van der Waals surface area (Å²) in [5.74, 6) is 1.91. The van der Waals surface area contributed by atoms with E-state index in [9.17, 15) is 5.11 Å². The van der Waals surface area contributed by atoms with Crippen LogP contribution < -0.4 is 9.80 Å². The van der Waals surface area contributed by atoms with E-state index in [1.165, 1.54) is 12.8 Å². The summed E-state index contributed by atoms with van der Waals surface area (Å²) in [6.45, 7) is 3.57. The van der Waals surface area contributed by atoms with E-state index in [0.29, 0.717) is 11.3 Å². The molecule has 2 aliphatic heterocycles. The number of rotatable bonds is 4. The van der Waals surface area contributed by atoms with E-state index >= 15 is 0 Å². The minimum atomic E-state index is -0.535. The first-order valence-electron chi connectivity index (χ1n) is 10.9. The van der Waals surface area contributed by atoms with Crippen LogP contribution in [-0.4, -0.2) is 56.6 Å². The summed E-state index contributed by atoms with van der Waals surface area (Å²) in [6, 6.07) is 5.69. The first kappa shape index (κ1) is 19.2. The lowest BCUT2D eigenvalue weighted by molar-refractivity contribution is 0.0890. The quantitative estimate of drug-likeness (QED) is 0.696. The third kappa shape index (κ3) is 3.81. The van der Waals surface area contributed by atoms with E-state index < -0.39 is 6.10 Å². The van der Waals surface area contributed by atoms with Crippen LogP contribution in [-0.2, 0) is 0 Å². The highest BCUT2D eigenvalue weighted by Crippen LogP contribution is 2.35. The maximum absolute atomic E-state index is 10.8. The second-order valence-corrected chi connectivity index (χ2v) is 8.21. The number of nitrogens with zero attached hydrogens (tertiary/aromatic N) is 7. The average Bonchev–Trinajstić information content (AvgIpc) is 3.09. The van der Waals surface area contributed by atoms with Crippen LogP contribution in [0.5, 0.6) is 0 Å². The van der Waals surface area contributed by atoms with Crippen molar-refractivity contribution in [2.75, 3.05) is 36.0 Å². The molecule has 0 aliphatic carbocycles. The molecule has 2 saturated heterocycles. The summed E-state index contributed by atoms with van der Waals surface area (Å²) in [6.07, 6.45) is 7.77. The molecule has 30 heavy (non-hydrogen) atoms. The first-order valence-corrected chi connectivity index (χ1v) is 10.9. The molecule has 9 nitrogen and oxygen atoms in total. The van der Waals surface area contributed by atoms with Gasteiger partial charge in [0.25, 0.3) is 0 Å². The summed E-state index contributed by atoms with van der Waals surface area (Å²) in [4.78, 5) is 18.5. The number of fused-ring (bicyclic) bond motifs is 1. The molecule has 3 aromatic heterocycles.